The largest absolute Gasteiger partial charge is 0.390 e. The molecule has 0 aliphatic heterocycles. The molecule has 2 fully saturated rings. The molecule has 0 spiro atoms. The van der Waals surface area contributed by atoms with Crippen molar-refractivity contribution in [1.29, 1.82) is 0 Å². The maximum Gasteiger partial charge on any atom is 0.0870 e. The molecule has 0 bridgehead atoms. The Bertz CT molecular complexity index is 558. The number of aryl methyl sites for hydroxylation is 1. The van der Waals surface area contributed by atoms with E-state index in [1.807, 2.05) is 0 Å². The lowest BCUT2D eigenvalue weighted by atomic mass is 9.65. The Morgan fingerprint density at radius 1 is 0.786 bits per heavy atom. The summed E-state index contributed by atoms with van der Waals surface area (Å²) in [7, 11) is 0. The van der Waals surface area contributed by atoms with Crippen LogP contribution in [0, 0.1) is 17.8 Å². The molecule has 2 nitrogen and oxygen atoms in total. The fourth-order valence-electron chi connectivity index (χ4n) is 5.89. The summed E-state index contributed by atoms with van der Waals surface area (Å²) in [6.07, 6.45) is 13.8. The lowest BCUT2D eigenvalue weighted by Gasteiger charge is -2.43. The summed E-state index contributed by atoms with van der Waals surface area (Å²) in [5, 5.41) is 21.9. The second kappa shape index (κ2) is 10.8. The fourth-order valence-corrected chi connectivity index (χ4v) is 5.89. The van der Waals surface area contributed by atoms with E-state index in [4.69, 9.17) is 0 Å². The van der Waals surface area contributed by atoms with Gasteiger partial charge in [-0.3, -0.25) is 0 Å². The first-order valence-electron chi connectivity index (χ1n) is 12.1. The second-order valence-electron chi connectivity index (χ2n) is 9.60. The highest BCUT2D eigenvalue weighted by Crippen LogP contribution is 2.44. The maximum absolute atomic E-state index is 10.9. The summed E-state index contributed by atoms with van der Waals surface area (Å²) < 4.78 is 0. The Hall–Kier alpha value is -0.860. The van der Waals surface area contributed by atoms with Gasteiger partial charge < -0.3 is 10.2 Å². The van der Waals surface area contributed by atoms with Crippen LogP contribution in [0.3, 0.4) is 0 Å². The number of hydrogen-bond acceptors (Lipinski definition) is 2. The van der Waals surface area contributed by atoms with Gasteiger partial charge in [-0.1, -0.05) is 83.1 Å². The number of aliphatic hydroxyl groups excluding tert-OH is 2. The Balaban J connectivity index is 1.52. The van der Waals surface area contributed by atoms with Gasteiger partial charge in [-0.25, -0.2) is 0 Å². The molecule has 2 unspecified atom stereocenters. The van der Waals surface area contributed by atoms with Crippen molar-refractivity contribution >= 4 is 0 Å². The Kier molecular flexibility index (Phi) is 8.41. The summed E-state index contributed by atoms with van der Waals surface area (Å²) in [6.45, 7) is 4.48. The van der Waals surface area contributed by atoms with Gasteiger partial charge in [-0.15, -0.1) is 0 Å². The van der Waals surface area contributed by atoms with Crippen LogP contribution in [-0.2, 0) is 6.42 Å². The minimum absolute atomic E-state index is 0.0901. The van der Waals surface area contributed by atoms with Crippen molar-refractivity contribution in [3.63, 3.8) is 0 Å². The molecular weight excluding hydrogens is 344 g/mol. The van der Waals surface area contributed by atoms with E-state index in [0.717, 1.165) is 31.6 Å². The van der Waals surface area contributed by atoms with E-state index in [9.17, 15) is 10.2 Å². The number of aliphatic hydroxyl groups is 2. The number of rotatable bonds is 8. The second-order valence-corrected chi connectivity index (χ2v) is 9.60. The van der Waals surface area contributed by atoms with Crippen LogP contribution >= 0.6 is 0 Å². The zero-order valence-corrected chi connectivity index (χ0v) is 18.2. The van der Waals surface area contributed by atoms with Crippen LogP contribution in [0.25, 0.3) is 0 Å². The molecule has 2 heteroatoms. The number of hydrogen-bond donors (Lipinski definition) is 2. The predicted octanol–water partition coefficient (Wildman–Crippen LogP) is 6.24. The molecule has 0 heterocycles. The zero-order chi connectivity index (χ0) is 19.9. The van der Waals surface area contributed by atoms with Crippen LogP contribution in [0.2, 0.25) is 0 Å². The molecule has 0 amide bonds. The van der Waals surface area contributed by atoms with Crippen molar-refractivity contribution in [1.82, 2.24) is 0 Å². The first-order valence-corrected chi connectivity index (χ1v) is 12.1. The standard InChI is InChI=1S/C26H42O2/c1-3-5-6-8-20-11-15-22(16-12-20)24-18-17-23(25(27)26(24)28)21-13-9-19(7-4-2)10-14-21/h9-10,13-14,20,22-28H,3-8,11-12,15-18H2,1-2H3/t20?,22?,23?,24?,25-,26-/m1/s1. The SMILES string of the molecule is CCCCCC1CCC(C2CCC(c3ccc(CCC)cc3)[C@@H](O)[C@@H]2O)CC1. The van der Waals surface area contributed by atoms with Gasteiger partial charge in [0.2, 0.25) is 0 Å². The van der Waals surface area contributed by atoms with Gasteiger partial charge in [0, 0.05) is 5.92 Å². The van der Waals surface area contributed by atoms with Crippen molar-refractivity contribution in [2.24, 2.45) is 17.8 Å². The smallest absolute Gasteiger partial charge is 0.0870 e. The maximum atomic E-state index is 10.9. The van der Waals surface area contributed by atoms with Crippen molar-refractivity contribution in [2.75, 3.05) is 0 Å². The van der Waals surface area contributed by atoms with Crippen LogP contribution < -0.4 is 0 Å². The lowest BCUT2D eigenvalue weighted by Crippen LogP contribution is -2.45. The van der Waals surface area contributed by atoms with Gasteiger partial charge in [0.1, 0.15) is 0 Å². The molecule has 4 atom stereocenters. The highest BCUT2D eigenvalue weighted by molar-refractivity contribution is 5.27. The molecule has 0 saturated heterocycles. The molecule has 3 rings (SSSR count). The van der Waals surface area contributed by atoms with E-state index in [2.05, 4.69) is 38.1 Å². The molecule has 2 aliphatic carbocycles. The quantitative estimate of drug-likeness (QED) is 0.519. The summed E-state index contributed by atoms with van der Waals surface area (Å²) in [4.78, 5) is 0. The predicted molar refractivity (Wildman–Crippen MR) is 118 cm³/mol. The normalized spacial score (nSPS) is 33.7. The van der Waals surface area contributed by atoms with E-state index < -0.39 is 12.2 Å². The van der Waals surface area contributed by atoms with E-state index >= 15 is 0 Å². The molecule has 28 heavy (non-hydrogen) atoms. The highest BCUT2D eigenvalue weighted by atomic mass is 16.3. The minimum atomic E-state index is -0.613. The molecule has 158 valence electrons. The Morgan fingerprint density at radius 3 is 2.14 bits per heavy atom. The van der Waals surface area contributed by atoms with E-state index in [1.165, 1.54) is 62.5 Å². The molecule has 2 aliphatic rings. The van der Waals surface area contributed by atoms with Gasteiger partial charge in [0.15, 0.2) is 0 Å². The summed E-state index contributed by atoms with van der Waals surface area (Å²) in [6, 6.07) is 8.74. The first kappa shape index (κ1) is 21.8. The monoisotopic (exact) mass is 386 g/mol. The zero-order valence-electron chi connectivity index (χ0n) is 18.2. The Morgan fingerprint density at radius 2 is 1.50 bits per heavy atom. The third-order valence-electron chi connectivity index (χ3n) is 7.67. The van der Waals surface area contributed by atoms with Crippen LogP contribution in [0.5, 0.6) is 0 Å². The highest BCUT2D eigenvalue weighted by Gasteiger charge is 2.42. The lowest BCUT2D eigenvalue weighted by molar-refractivity contribution is -0.0790. The molecule has 1 aromatic rings. The van der Waals surface area contributed by atoms with Gasteiger partial charge >= 0.3 is 0 Å². The summed E-state index contributed by atoms with van der Waals surface area (Å²) >= 11 is 0. The van der Waals surface area contributed by atoms with Gasteiger partial charge in [-0.05, 0) is 61.0 Å². The van der Waals surface area contributed by atoms with Gasteiger partial charge in [-0.2, -0.15) is 0 Å². The van der Waals surface area contributed by atoms with E-state index in [-0.39, 0.29) is 5.92 Å². The average molecular weight is 387 g/mol. The van der Waals surface area contributed by atoms with Crippen LogP contribution in [0.1, 0.15) is 102 Å². The number of benzene rings is 1. The minimum Gasteiger partial charge on any atom is -0.390 e. The third-order valence-corrected chi connectivity index (χ3v) is 7.67. The van der Waals surface area contributed by atoms with E-state index in [1.54, 1.807) is 0 Å². The molecule has 2 N–H and O–H groups in total. The summed E-state index contributed by atoms with van der Waals surface area (Å²) in [5.41, 5.74) is 2.56. The number of unbranched alkanes of at least 4 members (excludes halogenated alkanes) is 2. The molecule has 0 aromatic heterocycles. The van der Waals surface area contributed by atoms with Crippen molar-refractivity contribution in [2.45, 2.75) is 109 Å². The molecule has 1 aromatic carbocycles. The van der Waals surface area contributed by atoms with Crippen LogP contribution in [0.4, 0.5) is 0 Å². The van der Waals surface area contributed by atoms with Crippen molar-refractivity contribution in [3.8, 4) is 0 Å². The summed E-state index contributed by atoms with van der Waals surface area (Å²) in [5.74, 6) is 1.90. The molecule has 0 radical (unpaired) electrons. The molecule has 2 saturated carbocycles. The first-order chi connectivity index (χ1) is 13.6. The topological polar surface area (TPSA) is 40.5 Å². The van der Waals surface area contributed by atoms with Gasteiger partial charge in [0.25, 0.3) is 0 Å². The van der Waals surface area contributed by atoms with Crippen molar-refractivity contribution in [3.05, 3.63) is 35.4 Å². The van der Waals surface area contributed by atoms with Crippen molar-refractivity contribution < 1.29 is 10.2 Å². The van der Waals surface area contributed by atoms with E-state index in [0.29, 0.717) is 11.8 Å². The fraction of sp³-hybridized carbons (Fsp3) is 0.769. The third kappa shape index (κ3) is 5.39. The molecular formula is C26H42O2. The van der Waals surface area contributed by atoms with Gasteiger partial charge in [0.05, 0.1) is 12.2 Å². The average Bonchev–Trinajstić information content (AvgIpc) is 2.72. The van der Waals surface area contributed by atoms with Crippen LogP contribution in [-0.4, -0.2) is 22.4 Å². The van der Waals surface area contributed by atoms with Crippen LogP contribution in [0.15, 0.2) is 24.3 Å². The Labute approximate surface area is 172 Å².